The van der Waals surface area contributed by atoms with Crippen LogP contribution in [0.4, 0.5) is 0 Å². The van der Waals surface area contributed by atoms with Gasteiger partial charge in [-0.3, -0.25) is 0 Å². The van der Waals surface area contributed by atoms with E-state index in [0.29, 0.717) is 5.02 Å². The predicted molar refractivity (Wildman–Crippen MR) is 78.5 cm³/mol. The number of hydrogen-bond acceptors (Lipinski definition) is 3. The molecule has 18 heavy (non-hydrogen) atoms. The van der Waals surface area contributed by atoms with Gasteiger partial charge in [0.2, 0.25) is 0 Å². The van der Waals surface area contributed by atoms with Crippen molar-refractivity contribution in [3.05, 3.63) is 49.6 Å². The third kappa shape index (κ3) is 2.18. The van der Waals surface area contributed by atoms with Crippen LogP contribution in [0.3, 0.4) is 0 Å². The number of ether oxygens (including phenoxy) is 1. The van der Waals surface area contributed by atoms with Crippen molar-refractivity contribution in [1.82, 2.24) is 0 Å². The molecule has 0 saturated carbocycles. The molecular formula is C13H11BrClNOS. The van der Waals surface area contributed by atoms with Crippen molar-refractivity contribution in [2.75, 3.05) is 0 Å². The lowest BCUT2D eigenvalue weighted by Crippen LogP contribution is -2.29. The molecule has 0 fully saturated rings. The van der Waals surface area contributed by atoms with Crippen LogP contribution in [-0.4, -0.2) is 6.10 Å². The Kier molecular flexibility index (Phi) is 3.36. The van der Waals surface area contributed by atoms with Gasteiger partial charge in [0.05, 0.1) is 14.9 Å². The number of para-hydroxylation sites is 1. The van der Waals surface area contributed by atoms with Crippen LogP contribution in [-0.2, 0) is 6.42 Å². The molecule has 0 saturated heterocycles. The van der Waals surface area contributed by atoms with Crippen molar-refractivity contribution in [2.24, 2.45) is 5.73 Å². The minimum atomic E-state index is -0.147. The molecule has 0 aliphatic carbocycles. The summed E-state index contributed by atoms with van der Waals surface area (Å²) >= 11 is 11.0. The van der Waals surface area contributed by atoms with E-state index in [1.54, 1.807) is 11.3 Å². The van der Waals surface area contributed by atoms with Crippen molar-refractivity contribution in [3.8, 4) is 5.75 Å². The largest absolute Gasteiger partial charge is 0.488 e. The van der Waals surface area contributed by atoms with Gasteiger partial charge in [-0.1, -0.05) is 29.8 Å². The normalized spacial score (nSPS) is 19.4. The summed E-state index contributed by atoms with van der Waals surface area (Å²) in [5.74, 6) is 0.944. The van der Waals surface area contributed by atoms with E-state index in [-0.39, 0.29) is 12.1 Å². The molecule has 3 rings (SSSR count). The van der Waals surface area contributed by atoms with E-state index in [0.717, 1.165) is 20.8 Å². The van der Waals surface area contributed by atoms with E-state index in [1.807, 2.05) is 24.3 Å². The minimum absolute atomic E-state index is 0.0102. The van der Waals surface area contributed by atoms with Gasteiger partial charge in [-0.2, -0.15) is 0 Å². The molecule has 2 atom stereocenters. The summed E-state index contributed by atoms with van der Waals surface area (Å²) in [7, 11) is 0. The molecule has 5 heteroatoms. The Morgan fingerprint density at radius 2 is 2.22 bits per heavy atom. The Morgan fingerprint density at radius 1 is 1.44 bits per heavy atom. The van der Waals surface area contributed by atoms with Gasteiger partial charge in [-0.05, 0) is 33.6 Å². The molecule has 2 nitrogen and oxygen atoms in total. The Balaban J connectivity index is 1.82. The number of thiophene rings is 1. The number of fused-ring (bicyclic) bond motifs is 1. The zero-order chi connectivity index (χ0) is 12.7. The highest BCUT2D eigenvalue weighted by molar-refractivity contribution is 9.11. The van der Waals surface area contributed by atoms with E-state index in [1.165, 1.54) is 5.56 Å². The maximum Gasteiger partial charge on any atom is 0.123 e. The molecule has 94 valence electrons. The van der Waals surface area contributed by atoms with E-state index < -0.39 is 0 Å². The zero-order valence-corrected chi connectivity index (χ0v) is 12.6. The average Bonchev–Trinajstić information content (AvgIpc) is 2.93. The molecule has 2 aromatic rings. The summed E-state index contributed by atoms with van der Waals surface area (Å²) < 4.78 is 6.82. The van der Waals surface area contributed by atoms with Crippen LogP contribution in [0.1, 0.15) is 16.5 Å². The topological polar surface area (TPSA) is 35.2 Å². The summed E-state index contributed by atoms with van der Waals surface area (Å²) in [4.78, 5) is 1.05. The second-order valence-electron chi connectivity index (χ2n) is 4.26. The monoisotopic (exact) mass is 343 g/mol. The molecule has 1 aromatic carbocycles. The lowest BCUT2D eigenvalue weighted by Gasteiger charge is -2.17. The number of halogens is 2. The summed E-state index contributed by atoms with van der Waals surface area (Å²) in [5.41, 5.74) is 7.49. The molecule has 0 bridgehead atoms. The van der Waals surface area contributed by atoms with Gasteiger partial charge < -0.3 is 10.5 Å². The highest BCUT2D eigenvalue weighted by Crippen LogP contribution is 2.39. The summed E-state index contributed by atoms with van der Waals surface area (Å²) in [6, 6.07) is 9.83. The molecule has 0 radical (unpaired) electrons. The van der Waals surface area contributed by atoms with Crippen LogP contribution in [0.25, 0.3) is 0 Å². The van der Waals surface area contributed by atoms with Gasteiger partial charge >= 0.3 is 0 Å². The number of rotatable bonds is 2. The Hall–Kier alpha value is -0.550. The van der Waals surface area contributed by atoms with Crippen LogP contribution < -0.4 is 10.5 Å². The molecule has 1 aromatic heterocycles. The first-order valence-corrected chi connectivity index (χ1v) is 7.59. The Morgan fingerprint density at radius 3 is 2.89 bits per heavy atom. The third-order valence-electron chi connectivity index (χ3n) is 3.07. The van der Waals surface area contributed by atoms with Crippen LogP contribution >= 0.6 is 38.9 Å². The molecule has 1 aliphatic rings. The highest BCUT2D eigenvalue weighted by Gasteiger charge is 2.30. The number of nitrogens with two attached hydrogens (primary N) is 1. The zero-order valence-electron chi connectivity index (χ0n) is 9.40. The lowest BCUT2D eigenvalue weighted by atomic mass is 10.0. The third-order valence-corrected chi connectivity index (χ3v) is 5.64. The fraction of sp³-hybridized carbons (Fsp3) is 0.231. The van der Waals surface area contributed by atoms with Crippen LogP contribution in [0.15, 0.2) is 34.1 Å². The molecule has 1 aliphatic heterocycles. The number of benzene rings is 1. The van der Waals surface area contributed by atoms with Crippen molar-refractivity contribution >= 4 is 38.9 Å². The van der Waals surface area contributed by atoms with Gasteiger partial charge in [-0.25, -0.2) is 0 Å². The smallest absolute Gasteiger partial charge is 0.123 e. The van der Waals surface area contributed by atoms with Gasteiger partial charge in [-0.15, -0.1) is 11.3 Å². The van der Waals surface area contributed by atoms with Gasteiger partial charge in [0.25, 0.3) is 0 Å². The maximum atomic E-state index is 6.27. The Bertz CT molecular complexity index is 542. The predicted octanol–water partition coefficient (Wildman–Crippen LogP) is 4.17. The van der Waals surface area contributed by atoms with Gasteiger partial charge in [0.1, 0.15) is 11.9 Å². The van der Waals surface area contributed by atoms with E-state index in [9.17, 15) is 0 Å². The quantitative estimate of drug-likeness (QED) is 0.887. The standard InChI is InChI=1S/C13H11BrClNOS/c14-13-8(15)6-11(18-13)12(16)10-5-7-3-1-2-4-9(7)17-10/h1-4,6,10,12H,5,16H2. The first kappa shape index (κ1) is 12.5. The van der Waals surface area contributed by atoms with E-state index in [2.05, 4.69) is 22.0 Å². The van der Waals surface area contributed by atoms with Gasteiger partial charge in [0, 0.05) is 11.3 Å². The van der Waals surface area contributed by atoms with E-state index in [4.69, 9.17) is 22.1 Å². The molecule has 0 spiro atoms. The first-order chi connectivity index (χ1) is 8.65. The summed E-state index contributed by atoms with van der Waals surface area (Å²) in [5, 5.41) is 0.709. The molecule has 2 unspecified atom stereocenters. The van der Waals surface area contributed by atoms with Crippen LogP contribution in [0, 0.1) is 0 Å². The maximum absolute atomic E-state index is 6.27. The van der Waals surface area contributed by atoms with Crippen LogP contribution in [0.5, 0.6) is 5.75 Å². The molecule has 2 N–H and O–H groups in total. The van der Waals surface area contributed by atoms with Crippen molar-refractivity contribution < 1.29 is 4.74 Å². The fourth-order valence-electron chi connectivity index (χ4n) is 2.12. The highest BCUT2D eigenvalue weighted by atomic mass is 79.9. The van der Waals surface area contributed by atoms with Crippen molar-refractivity contribution in [1.29, 1.82) is 0 Å². The van der Waals surface area contributed by atoms with Crippen molar-refractivity contribution in [2.45, 2.75) is 18.6 Å². The van der Waals surface area contributed by atoms with Crippen molar-refractivity contribution in [3.63, 3.8) is 0 Å². The minimum Gasteiger partial charge on any atom is -0.488 e. The average molecular weight is 345 g/mol. The molecular weight excluding hydrogens is 334 g/mol. The lowest BCUT2D eigenvalue weighted by molar-refractivity contribution is 0.201. The summed E-state index contributed by atoms with van der Waals surface area (Å²) in [6.45, 7) is 0. The van der Waals surface area contributed by atoms with E-state index >= 15 is 0 Å². The second kappa shape index (κ2) is 4.85. The molecule has 2 heterocycles. The second-order valence-corrected chi connectivity index (χ2v) is 7.07. The summed E-state index contributed by atoms with van der Waals surface area (Å²) in [6.07, 6.45) is 0.841. The number of hydrogen-bond donors (Lipinski definition) is 1. The SMILES string of the molecule is NC(c1cc(Cl)c(Br)s1)C1Cc2ccccc2O1. The van der Waals surface area contributed by atoms with Crippen LogP contribution in [0.2, 0.25) is 5.02 Å². The van der Waals surface area contributed by atoms with Gasteiger partial charge in [0.15, 0.2) is 0 Å². The molecule has 0 amide bonds. The Labute approximate surface area is 123 Å². The fourth-order valence-corrected chi connectivity index (χ4v) is 3.92. The first-order valence-electron chi connectivity index (χ1n) is 5.60.